The van der Waals surface area contributed by atoms with E-state index in [9.17, 15) is 4.55 Å². The zero-order valence-corrected chi connectivity index (χ0v) is 15.0. The van der Waals surface area contributed by atoms with Gasteiger partial charge in [0.2, 0.25) is 0 Å². The van der Waals surface area contributed by atoms with Crippen LogP contribution in [0.4, 0.5) is 0 Å². The van der Waals surface area contributed by atoms with Crippen molar-refractivity contribution in [2.24, 2.45) is 0 Å². The molecule has 0 radical (unpaired) electrons. The summed E-state index contributed by atoms with van der Waals surface area (Å²) in [6.45, 7) is 6.01. The molecule has 1 unspecified atom stereocenters. The summed E-state index contributed by atoms with van der Waals surface area (Å²) in [7, 11) is 0. The Bertz CT molecular complexity index is 662. The van der Waals surface area contributed by atoms with Gasteiger partial charge >= 0.3 is 0 Å². The lowest BCUT2D eigenvalue weighted by Crippen LogP contribution is -2.42. The number of hydrogen-bond donors (Lipinski definition) is 2. The van der Waals surface area contributed by atoms with Crippen LogP contribution in [-0.4, -0.2) is 14.3 Å². The molecule has 5 heteroatoms. The molecule has 1 aromatic heterocycles. The first-order chi connectivity index (χ1) is 9.86. The van der Waals surface area contributed by atoms with Gasteiger partial charge in [-0.3, -0.25) is 0 Å². The first-order valence-corrected chi connectivity index (χ1v) is 9.28. The minimum atomic E-state index is -1.05. The van der Waals surface area contributed by atoms with Crippen LogP contribution in [0.5, 0.6) is 0 Å². The minimum Gasteiger partial charge on any atom is -0.598 e. The van der Waals surface area contributed by atoms with Crippen molar-refractivity contribution in [2.75, 3.05) is 0 Å². The molecular weight excluding hydrogens is 348 g/mol. The van der Waals surface area contributed by atoms with E-state index in [2.05, 4.69) is 43.8 Å². The van der Waals surface area contributed by atoms with E-state index in [1.807, 2.05) is 20.8 Å². The van der Waals surface area contributed by atoms with Crippen LogP contribution in [-0.2, 0) is 17.8 Å². The molecule has 21 heavy (non-hydrogen) atoms. The third kappa shape index (κ3) is 3.02. The normalized spacial score (nSPS) is 20.5. The molecule has 2 N–H and O–H groups in total. The fourth-order valence-corrected chi connectivity index (χ4v) is 4.07. The SMILES string of the molecule is CC(C)(C)[S+]([O-])N[C@@H]1CCCc2c1[nH]c1ccc(Br)cc21. The number of H-pyrrole nitrogens is 1. The molecule has 0 fully saturated rings. The van der Waals surface area contributed by atoms with E-state index in [4.69, 9.17) is 0 Å². The first kappa shape index (κ1) is 15.4. The number of aryl methyl sites for hydroxylation is 1. The molecule has 114 valence electrons. The van der Waals surface area contributed by atoms with Gasteiger partial charge in [0.25, 0.3) is 0 Å². The molecule has 0 aliphatic heterocycles. The van der Waals surface area contributed by atoms with Crippen LogP contribution in [0, 0.1) is 0 Å². The lowest BCUT2D eigenvalue weighted by atomic mass is 9.92. The second-order valence-corrected chi connectivity index (χ2v) is 9.56. The van der Waals surface area contributed by atoms with E-state index in [1.54, 1.807) is 0 Å². The van der Waals surface area contributed by atoms with Gasteiger partial charge in [0, 0.05) is 32.4 Å². The van der Waals surface area contributed by atoms with Crippen molar-refractivity contribution in [3.05, 3.63) is 33.9 Å². The lowest BCUT2D eigenvalue weighted by molar-refractivity contribution is 0.485. The number of halogens is 1. The van der Waals surface area contributed by atoms with E-state index in [-0.39, 0.29) is 10.8 Å². The summed E-state index contributed by atoms with van der Waals surface area (Å²) in [5.74, 6) is 0. The monoisotopic (exact) mass is 368 g/mol. The molecule has 0 saturated carbocycles. The highest BCUT2D eigenvalue weighted by Crippen LogP contribution is 2.36. The Labute approximate surface area is 137 Å². The summed E-state index contributed by atoms with van der Waals surface area (Å²) < 4.78 is 16.6. The first-order valence-electron chi connectivity index (χ1n) is 7.34. The Hall–Kier alpha value is -0.490. The number of aromatic amines is 1. The topological polar surface area (TPSA) is 50.9 Å². The zero-order valence-electron chi connectivity index (χ0n) is 12.6. The van der Waals surface area contributed by atoms with E-state index < -0.39 is 11.4 Å². The maximum absolute atomic E-state index is 12.4. The number of fused-ring (bicyclic) bond motifs is 3. The van der Waals surface area contributed by atoms with Crippen LogP contribution in [0.3, 0.4) is 0 Å². The quantitative estimate of drug-likeness (QED) is 0.773. The predicted octanol–water partition coefficient (Wildman–Crippen LogP) is 4.36. The highest BCUT2D eigenvalue weighted by molar-refractivity contribution is 9.10. The summed E-state index contributed by atoms with van der Waals surface area (Å²) in [4.78, 5) is 3.53. The van der Waals surface area contributed by atoms with Crippen LogP contribution >= 0.6 is 15.9 Å². The fourth-order valence-electron chi connectivity index (χ4n) is 2.86. The summed E-state index contributed by atoms with van der Waals surface area (Å²) >= 11 is 2.50. The van der Waals surface area contributed by atoms with Crippen molar-refractivity contribution in [2.45, 2.75) is 50.8 Å². The summed E-state index contributed by atoms with van der Waals surface area (Å²) in [5.41, 5.74) is 3.76. The summed E-state index contributed by atoms with van der Waals surface area (Å²) in [6.07, 6.45) is 3.25. The lowest BCUT2D eigenvalue weighted by Gasteiger charge is -2.29. The van der Waals surface area contributed by atoms with Gasteiger partial charge in [-0.25, -0.2) is 0 Å². The molecular formula is C16H21BrN2OS. The van der Waals surface area contributed by atoms with Gasteiger partial charge in [-0.2, -0.15) is 0 Å². The van der Waals surface area contributed by atoms with Crippen LogP contribution in [0.2, 0.25) is 0 Å². The molecule has 1 aromatic carbocycles. The minimum absolute atomic E-state index is 0.153. The molecule has 0 spiro atoms. The molecule has 1 aliphatic carbocycles. The number of rotatable bonds is 2. The maximum atomic E-state index is 12.4. The maximum Gasteiger partial charge on any atom is 0.136 e. The highest BCUT2D eigenvalue weighted by Gasteiger charge is 2.33. The Kier molecular flexibility index (Phi) is 4.12. The van der Waals surface area contributed by atoms with Crippen molar-refractivity contribution in [3.63, 3.8) is 0 Å². The van der Waals surface area contributed by atoms with Crippen molar-refractivity contribution in [1.82, 2.24) is 9.71 Å². The van der Waals surface area contributed by atoms with Crippen molar-refractivity contribution in [3.8, 4) is 0 Å². The standard InChI is InChI=1S/C16H21BrN2OS/c1-16(2,3)21(20)19-14-6-4-5-11-12-9-10(17)7-8-13(12)18-15(11)14/h7-9,14,18-19H,4-6H2,1-3H3/t14-,21?/m1/s1. The van der Waals surface area contributed by atoms with Crippen LogP contribution in [0.15, 0.2) is 22.7 Å². The molecule has 3 nitrogen and oxygen atoms in total. The molecule has 2 aromatic rings. The van der Waals surface area contributed by atoms with Gasteiger partial charge < -0.3 is 9.54 Å². The average Bonchev–Trinajstić information content (AvgIpc) is 2.77. The fraction of sp³-hybridized carbons (Fsp3) is 0.500. The van der Waals surface area contributed by atoms with Crippen LogP contribution in [0.25, 0.3) is 10.9 Å². The van der Waals surface area contributed by atoms with Crippen molar-refractivity contribution >= 4 is 38.2 Å². The zero-order chi connectivity index (χ0) is 15.2. The van der Waals surface area contributed by atoms with Gasteiger partial charge in [0.15, 0.2) is 0 Å². The molecule has 2 atom stereocenters. The second-order valence-electron chi connectivity index (χ2n) is 6.65. The van der Waals surface area contributed by atoms with Gasteiger partial charge in [0.1, 0.15) is 4.75 Å². The number of benzene rings is 1. The highest BCUT2D eigenvalue weighted by atomic mass is 79.9. The number of hydrogen-bond acceptors (Lipinski definition) is 2. The van der Waals surface area contributed by atoms with E-state index in [1.165, 1.54) is 22.2 Å². The van der Waals surface area contributed by atoms with Crippen molar-refractivity contribution < 1.29 is 4.55 Å². The second kappa shape index (κ2) is 5.61. The van der Waals surface area contributed by atoms with Gasteiger partial charge in [-0.15, -0.1) is 4.72 Å². The molecule has 1 aliphatic rings. The summed E-state index contributed by atoms with van der Waals surface area (Å²) in [6, 6.07) is 6.49. The van der Waals surface area contributed by atoms with Gasteiger partial charge in [0.05, 0.1) is 6.04 Å². The van der Waals surface area contributed by atoms with Gasteiger partial charge in [-0.05, 0) is 63.8 Å². The molecule has 0 bridgehead atoms. The molecule has 1 heterocycles. The third-order valence-corrected chi connectivity index (χ3v) is 6.08. The Morgan fingerprint density at radius 2 is 2.14 bits per heavy atom. The Balaban J connectivity index is 1.97. The Morgan fingerprint density at radius 3 is 2.86 bits per heavy atom. The summed E-state index contributed by atoms with van der Waals surface area (Å²) in [5, 5.41) is 1.28. The number of aromatic nitrogens is 1. The third-order valence-electron chi connectivity index (χ3n) is 3.97. The van der Waals surface area contributed by atoms with Crippen LogP contribution in [0.1, 0.15) is 50.9 Å². The Morgan fingerprint density at radius 1 is 1.38 bits per heavy atom. The molecule has 0 amide bonds. The van der Waals surface area contributed by atoms with E-state index >= 15 is 0 Å². The van der Waals surface area contributed by atoms with Crippen molar-refractivity contribution in [1.29, 1.82) is 0 Å². The number of nitrogens with one attached hydrogen (secondary N) is 2. The average molecular weight is 369 g/mol. The van der Waals surface area contributed by atoms with E-state index in [0.717, 1.165) is 23.7 Å². The largest absolute Gasteiger partial charge is 0.598 e. The van der Waals surface area contributed by atoms with E-state index in [0.29, 0.717) is 0 Å². The van der Waals surface area contributed by atoms with Gasteiger partial charge in [-0.1, -0.05) is 15.9 Å². The molecule has 0 saturated heterocycles. The predicted molar refractivity (Wildman–Crippen MR) is 92.7 cm³/mol. The molecule has 3 rings (SSSR count). The van der Waals surface area contributed by atoms with Crippen LogP contribution < -0.4 is 4.72 Å². The smallest absolute Gasteiger partial charge is 0.136 e.